The zero-order valence-electron chi connectivity index (χ0n) is 16.3. The lowest BCUT2D eigenvalue weighted by molar-refractivity contribution is 0.0995. The van der Waals surface area contributed by atoms with Crippen molar-refractivity contribution in [2.45, 2.75) is 37.5 Å². The third-order valence-corrected chi connectivity index (χ3v) is 7.46. The lowest BCUT2D eigenvalue weighted by Gasteiger charge is -2.21. The molecule has 0 bridgehead atoms. The van der Waals surface area contributed by atoms with E-state index in [9.17, 15) is 17.6 Å². The van der Waals surface area contributed by atoms with E-state index in [2.05, 4.69) is 5.32 Å². The summed E-state index contributed by atoms with van der Waals surface area (Å²) in [6, 6.07) is 5.89. The van der Waals surface area contributed by atoms with E-state index in [4.69, 9.17) is 4.42 Å². The fourth-order valence-corrected chi connectivity index (χ4v) is 5.61. The summed E-state index contributed by atoms with van der Waals surface area (Å²) >= 11 is 0. The molecule has 7 nitrogen and oxygen atoms in total. The molecule has 2 aliphatic rings. The zero-order valence-corrected chi connectivity index (χ0v) is 17.1. The Morgan fingerprint density at radius 2 is 1.76 bits per heavy atom. The van der Waals surface area contributed by atoms with E-state index in [1.807, 2.05) is 4.90 Å². The van der Waals surface area contributed by atoms with Gasteiger partial charge in [0.15, 0.2) is 5.76 Å². The van der Waals surface area contributed by atoms with Crippen LogP contribution in [-0.4, -0.2) is 44.8 Å². The average molecular weight is 421 g/mol. The van der Waals surface area contributed by atoms with E-state index in [0.717, 1.165) is 38.8 Å². The van der Waals surface area contributed by atoms with Gasteiger partial charge >= 0.3 is 0 Å². The molecule has 2 aliphatic heterocycles. The molecule has 0 spiro atoms. The van der Waals surface area contributed by atoms with E-state index >= 15 is 0 Å². The van der Waals surface area contributed by atoms with Gasteiger partial charge in [0.2, 0.25) is 10.0 Å². The molecule has 0 atom stereocenters. The number of furan rings is 1. The summed E-state index contributed by atoms with van der Waals surface area (Å²) in [5.74, 6) is -1.23. The molecule has 0 radical (unpaired) electrons. The topological polar surface area (TPSA) is 82.9 Å². The van der Waals surface area contributed by atoms with Crippen LogP contribution in [0.3, 0.4) is 0 Å². The summed E-state index contributed by atoms with van der Waals surface area (Å²) in [6.07, 6.45) is 3.66. The molecule has 9 heteroatoms. The second-order valence-electron chi connectivity index (χ2n) is 7.42. The molecule has 0 saturated carbocycles. The lowest BCUT2D eigenvalue weighted by Crippen LogP contribution is -2.28. The van der Waals surface area contributed by atoms with E-state index < -0.39 is 21.7 Å². The minimum atomic E-state index is -3.71. The molecule has 156 valence electrons. The van der Waals surface area contributed by atoms with E-state index in [1.54, 1.807) is 12.1 Å². The second kappa shape index (κ2) is 7.79. The van der Waals surface area contributed by atoms with Crippen LogP contribution in [0.1, 0.15) is 42.0 Å². The number of benzene rings is 1. The Morgan fingerprint density at radius 1 is 1.10 bits per heavy atom. The van der Waals surface area contributed by atoms with Gasteiger partial charge in [0.25, 0.3) is 5.91 Å². The Labute approximate surface area is 169 Å². The third kappa shape index (κ3) is 3.76. The van der Waals surface area contributed by atoms with E-state index in [0.29, 0.717) is 18.8 Å². The standard InChI is InChI=1S/C20H24FN3O4S/c1-14-18(29(26,27)24-11-4-5-12-24)13-17(28-14)20(25)22-19-15(21)7-6-8-16(19)23-9-2-3-10-23/h6-8,13H,2-5,9-12H2,1H3,(H,22,25). The first-order valence-electron chi connectivity index (χ1n) is 9.83. The van der Waals surface area contributed by atoms with Crippen LogP contribution in [0.2, 0.25) is 0 Å². The predicted molar refractivity (Wildman–Crippen MR) is 107 cm³/mol. The van der Waals surface area contributed by atoms with Crippen LogP contribution in [0.5, 0.6) is 0 Å². The van der Waals surface area contributed by atoms with Crippen molar-refractivity contribution >= 4 is 27.3 Å². The van der Waals surface area contributed by atoms with E-state index in [1.165, 1.54) is 23.4 Å². The van der Waals surface area contributed by atoms with Crippen molar-refractivity contribution < 1.29 is 22.0 Å². The summed E-state index contributed by atoms with van der Waals surface area (Å²) < 4.78 is 46.9. The van der Waals surface area contributed by atoms with Crippen molar-refractivity contribution in [3.05, 3.63) is 41.6 Å². The number of carbonyl (C=O) groups excluding carboxylic acids is 1. The van der Waals surface area contributed by atoms with Crippen molar-refractivity contribution in [3.8, 4) is 0 Å². The molecule has 1 amide bonds. The van der Waals surface area contributed by atoms with Crippen LogP contribution < -0.4 is 10.2 Å². The fraction of sp³-hybridized carbons (Fsp3) is 0.450. The normalized spacial score (nSPS) is 17.8. The molecular weight excluding hydrogens is 397 g/mol. The monoisotopic (exact) mass is 421 g/mol. The largest absolute Gasteiger partial charge is 0.455 e. The number of nitrogens with one attached hydrogen (secondary N) is 1. The van der Waals surface area contributed by atoms with Gasteiger partial charge < -0.3 is 14.6 Å². The quantitative estimate of drug-likeness (QED) is 0.800. The highest BCUT2D eigenvalue weighted by Crippen LogP contribution is 2.32. The maximum Gasteiger partial charge on any atom is 0.291 e. The smallest absolute Gasteiger partial charge is 0.291 e. The first-order valence-corrected chi connectivity index (χ1v) is 11.3. The molecule has 2 fully saturated rings. The van der Waals surface area contributed by atoms with Gasteiger partial charge in [0.1, 0.15) is 22.2 Å². The molecule has 29 heavy (non-hydrogen) atoms. The van der Waals surface area contributed by atoms with Gasteiger partial charge in [-0.25, -0.2) is 12.8 Å². The van der Waals surface area contributed by atoms with Gasteiger partial charge in [-0.3, -0.25) is 4.79 Å². The Bertz CT molecular complexity index is 1020. The predicted octanol–water partition coefficient (Wildman–Crippen LogP) is 3.36. The van der Waals surface area contributed by atoms with Gasteiger partial charge in [-0.1, -0.05) is 6.07 Å². The third-order valence-electron chi connectivity index (χ3n) is 5.46. The van der Waals surface area contributed by atoms with Crippen LogP contribution in [-0.2, 0) is 10.0 Å². The van der Waals surface area contributed by atoms with Crippen molar-refractivity contribution in [2.24, 2.45) is 0 Å². The van der Waals surface area contributed by atoms with Gasteiger partial charge in [-0.05, 0) is 44.7 Å². The Balaban J connectivity index is 1.61. The number of nitrogens with zero attached hydrogens (tertiary/aromatic N) is 2. The highest BCUT2D eigenvalue weighted by molar-refractivity contribution is 7.89. The molecule has 1 aromatic heterocycles. The Morgan fingerprint density at radius 3 is 2.45 bits per heavy atom. The first kappa shape index (κ1) is 19.9. The summed E-state index contributed by atoms with van der Waals surface area (Å²) in [5, 5.41) is 2.58. The van der Waals surface area contributed by atoms with Gasteiger partial charge in [0.05, 0.1) is 5.69 Å². The maximum atomic E-state index is 14.5. The number of aryl methyl sites for hydroxylation is 1. The minimum Gasteiger partial charge on any atom is -0.455 e. The first-order chi connectivity index (χ1) is 13.9. The maximum absolute atomic E-state index is 14.5. The number of rotatable bonds is 5. The van der Waals surface area contributed by atoms with Crippen molar-refractivity contribution in [1.82, 2.24) is 4.31 Å². The van der Waals surface area contributed by atoms with Crippen LogP contribution in [0.4, 0.5) is 15.8 Å². The molecule has 2 saturated heterocycles. The molecule has 3 heterocycles. The number of carbonyl (C=O) groups is 1. The summed E-state index contributed by atoms with van der Waals surface area (Å²) in [6.45, 7) is 4.03. The lowest BCUT2D eigenvalue weighted by atomic mass is 10.2. The summed E-state index contributed by atoms with van der Waals surface area (Å²) in [4.78, 5) is 14.8. The van der Waals surface area contributed by atoms with E-state index in [-0.39, 0.29) is 22.1 Å². The molecule has 0 aliphatic carbocycles. The molecule has 0 unspecified atom stereocenters. The average Bonchev–Trinajstić information content (AvgIpc) is 3.45. The van der Waals surface area contributed by atoms with Crippen LogP contribution >= 0.6 is 0 Å². The molecule has 1 N–H and O–H groups in total. The van der Waals surface area contributed by atoms with Crippen molar-refractivity contribution in [3.63, 3.8) is 0 Å². The Kier molecular flexibility index (Phi) is 5.35. The van der Waals surface area contributed by atoms with Crippen LogP contribution in [0.25, 0.3) is 0 Å². The molecule has 4 rings (SSSR count). The molecule has 2 aromatic rings. The number of para-hydroxylation sites is 1. The van der Waals surface area contributed by atoms with Gasteiger partial charge in [-0.15, -0.1) is 0 Å². The fourth-order valence-electron chi connectivity index (χ4n) is 3.93. The van der Waals surface area contributed by atoms with Crippen molar-refractivity contribution in [2.75, 3.05) is 36.4 Å². The number of anilines is 2. The summed E-state index contributed by atoms with van der Waals surface area (Å²) in [7, 11) is -3.71. The zero-order chi connectivity index (χ0) is 20.6. The highest BCUT2D eigenvalue weighted by atomic mass is 32.2. The SMILES string of the molecule is Cc1oc(C(=O)Nc2c(F)cccc2N2CCCC2)cc1S(=O)(=O)N1CCCC1. The molecule has 1 aromatic carbocycles. The Hall–Kier alpha value is -2.39. The van der Waals surface area contributed by atoms with Crippen LogP contribution in [0, 0.1) is 12.7 Å². The number of hydrogen-bond acceptors (Lipinski definition) is 5. The highest BCUT2D eigenvalue weighted by Gasteiger charge is 2.32. The number of halogens is 1. The summed E-state index contributed by atoms with van der Waals surface area (Å²) in [5.41, 5.74) is 0.696. The molecular formula is C20H24FN3O4S. The minimum absolute atomic E-state index is 0.0159. The van der Waals surface area contributed by atoms with Crippen molar-refractivity contribution in [1.29, 1.82) is 0 Å². The van der Waals surface area contributed by atoms with Gasteiger partial charge in [0, 0.05) is 32.2 Å². The number of amides is 1. The second-order valence-corrected chi connectivity index (χ2v) is 9.33. The van der Waals surface area contributed by atoms with Crippen LogP contribution in [0.15, 0.2) is 33.6 Å². The number of hydrogen-bond donors (Lipinski definition) is 1. The number of sulfonamides is 1. The van der Waals surface area contributed by atoms with Gasteiger partial charge in [-0.2, -0.15) is 4.31 Å².